The van der Waals surface area contributed by atoms with E-state index in [4.69, 9.17) is 0 Å². The van der Waals surface area contributed by atoms with Gasteiger partial charge in [0.1, 0.15) is 0 Å². The first-order valence-corrected chi connectivity index (χ1v) is 6.13. The van der Waals surface area contributed by atoms with Gasteiger partial charge in [-0.05, 0) is 36.3 Å². The molecule has 0 heterocycles. The molecule has 83 valence electrons. The van der Waals surface area contributed by atoms with Crippen molar-refractivity contribution in [1.29, 1.82) is 0 Å². The molecule has 0 spiro atoms. The third-order valence-corrected chi connectivity index (χ3v) is 2.68. The van der Waals surface area contributed by atoms with Gasteiger partial charge in [0, 0.05) is 0 Å². The second kappa shape index (κ2) is 6.66. The zero-order valence-corrected chi connectivity index (χ0v) is 10.1. The normalized spacial score (nSPS) is 10.9. The predicted octanol–water partition coefficient (Wildman–Crippen LogP) is 4.43. The highest BCUT2D eigenvalue weighted by molar-refractivity contribution is 5.23. The van der Waals surface area contributed by atoms with E-state index in [0.29, 0.717) is 5.92 Å². The monoisotopic (exact) mass is 203 g/mol. The molecule has 1 radical (unpaired) electrons. The van der Waals surface area contributed by atoms with Crippen LogP contribution in [0.25, 0.3) is 0 Å². The Kier molecular flexibility index (Phi) is 5.45. The summed E-state index contributed by atoms with van der Waals surface area (Å²) in [5.41, 5.74) is 2.89. The Morgan fingerprint density at radius 1 is 1.07 bits per heavy atom. The zero-order valence-electron chi connectivity index (χ0n) is 10.1. The number of aryl methyl sites for hydroxylation is 1. The first-order valence-electron chi connectivity index (χ1n) is 6.13. The third kappa shape index (κ3) is 5.01. The standard InChI is InChI=1S/C15H23/c1-4-5-6-7-14-8-10-15(11-9-14)12-13(2)3/h8-11,13H,2,4-7,12H2,1,3H3. The summed E-state index contributed by atoms with van der Waals surface area (Å²) in [4.78, 5) is 0. The fraction of sp³-hybridized carbons (Fsp3) is 0.533. The Labute approximate surface area is 94.7 Å². The van der Waals surface area contributed by atoms with Crippen molar-refractivity contribution >= 4 is 0 Å². The van der Waals surface area contributed by atoms with Crippen molar-refractivity contribution < 1.29 is 0 Å². The van der Waals surface area contributed by atoms with Gasteiger partial charge in [-0.1, -0.05) is 57.9 Å². The summed E-state index contributed by atoms with van der Waals surface area (Å²) < 4.78 is 0. The molecule has 0 saturated heterocycles. The van der Waals surface area contributed by atoms with Crippen molar-refractivity contribution in [3.63, 3.8) is 0 Å². The number of rotatable bonds is 6. The Hall–Kier alpha value is -0.780. The van der Waals surface area contributed by atoms with Crippen LogP contribution in [0.4, 0.5) is 0 Å². The molecule has 15 heavy (non-hydrogen) atoms. The first-order chi connectivity index (χ1) is 7.22. The summed E-state index contributed by atoms with van der Waals surface area (Å²) >= 11 is 0. The van der Waals surface area contributed by atoms with Crippen molar-refractivity contribution in [2.75, 3.05) is 0 Å². The summed E-state index contributed by atoms with van der Waals surface area (Å²) in [6, 6.07) is 9.05. The van der Waals surface area contributed by atoms with E-state index in [2.05, 4.69) is 45.0 Å². The molecule has 1 unspecified atom stereocenters. The molecule has 0 amide bonds. The largest absolute Gasteiger partial charge is 0.0654 e. The predicted molar refractivity (Wildman–Crippen MR) is 67.9 cm³/mol. The van der Waals surface area contributed by atoms with Crippen LogP contribution < -0.4 is 0 Å². The molecule has 0 fully saturated rings. The van der Waals surface area contributed by atoms with Gasteiger partial charge < -0.3 is 0 Å². The molecule has 0 aliphatic heterocycles. The fourth-order valence-electron chi connectivity index (χ4n) is 1.82. The van der Waals surface area contributed by atoms with Gasteiger partial charge >= 0.3 is 0 Å². The lowest BCUT2D eigenvalue weighted by molar-refractivity contribution is 0.711. The lowest BCUT2D eigenvalue weighted by Gasteiger charge is -2.06. The Bertz CT molecular complexity index is 256. The van der Waals surface area contributed by atoms with Crippen LogP contribution in [0.15, 0.2) is 24.3 Å². The van der Waals surface area contributed by atoms with Crippen LogP contribution in [-0.2, 0) is 12.8 Å². The molecule has 1 atom stereocenters. The molecule has 0 nitrogen and oxygen atoms in total. The molecule has 0 bridgehead atoms. The van der Waals surface area contributed by atoms with E-state index < -0.39 is 0 Å². The Morgan fingerprint density at radius 3 is 2.20 bits per heavy atom. The van der Waals surface area contributed by atoms with E-state index in [1.54, 1.807) is 0 Å². The molecule has 1 aromatic carbocycles. The van der Waals surface area contributed by atoms with Crippen LogP contribution in [0.3, 0.4) is 0 Å². The van der Waals surface area contributed by atoms with E-state index in [1.165, 1.54) is 36.8 Å². The van der Waals surface area contributed by atoms with Crippen molar-refractivity contribution in [2.24, 2.45) is 5.92 Å². The molecule has 0 saturated carbocycles. The maximum Gasteiger partial charge on any atom is -0.0253 e. The second-order valence-electron chi connectivity index (χ2n) is 4.58. The number of unbranched alkanes of at least 4 members (excludes halogenated alkanes) is 2. The van der Waals surface area contributed by atoms with Crippen LogP contribution in [-0.4, -0.2) is 0 Å². The van der Waals surface area contributed by atoms with Gasteiger partial charge in [0.25, 0.3) is 0 Å². The van der Waals surface area contributed by atoms with Gasteiger partial charge in [-0.2, -0.15) is 0 Å². The third-order valence-electron chi connectivity index (χ3n) is 2.68. The van der Waals surface area contributed by atoms with Gasteiger partial charge in [0.05, 0.1) is 0 Å². The van der Waals surface area contributed by atoms with Crippen LogP contribution in [0, 0.1) is 12.8 Å². The molecular weight excluding hydrogens is 180 g/mol. The van der Waals surface area contributed by atoms with E-state index >= 15 is 0 Å². The quantitative estimate of drug-likeness (QED) is 0.600. The molecule has 0 heteroatoms. The molecule has 1 rings (SSSR count). The lowest BCUT2D eigenvalue weighted by atomic mass is 10.00. The maximum absolute atomic E-state index is 4.02. The number of benzene rings is 1. The van der Waals surface area contributed by atoms with Crippen LogP contribution >= 0.6 is 0 Å². The smallest absolute Gasteiger partial charge is 0.0253 e. The fourth-order valence-corrected chi connectivity index (χ4v) is 1.82. The summed E-state index contributed by atoms with van der Waals surface area (Å²) in [6.45, 7) is 8.43. The van der Waals surface area contributed by atoms with Crippen molar-refractivity contribution in [2.45, 2.75) is 46.0 Å². The molecule has 0 N–H and O–H groups in total. The lowest BCUT2D eigenvalue weighted by Crippen LogP contribution is -1.94. The summed E-state index contributed by atoms with van der Waals surface area (Å²) in [7, 11) is 0. The van der Waals surface area contributed by atoms with Crippen molar-refractivity contribution in [1.82, 2.24) is 0 Å². The molecule has 0 aliphatic carbocycles. The van der Waals surface area contributed by atoms with E-state index in [-0.39, 0.29) is 0 Å². The summed E-state index contributed by atoms with van der Waals surface area (Å²) in [5.74, 6) is 0.510. The molecule has 0 aromatic heterocycles. The highest BCUT2D eigenvalue weighted by atomic mass is 14.0. The Morgan fingerprint density at radius 2 is 1.67 bits per heavy atom. The molecular formula is C15H23. The van der Waals surface area contributed by atoms with E-state index in [1.807, 2.05) is 0 Å². The average Bonchev–Trinajstić information content (AvgIpc) is 2.20. The van der Waals surface area contributed by atoms with E-state index in [9.17, 15) is 0 Å². The van der Waals surface area contributed by atoms with Gasteiger partial charge in [-0.25, -0.2) is 0 Å². The Balaban J connectivity index is 2.42. The topological polar surface area (TPSA) is 0 Å². The van der Waals surface area contributed by atoms with Crippen molar-refractivity contribution in [3.05, 3.63) is 42.3 Å². The van der Waals surface area contributed by atoms with Crippen LogP contribution in [0.5, 0.6) is 0 Å². The average molecular weight is 203 g/mol. The number of hydrogen-bond donors (Lipinski definition) is 0. The van der Waals surface area contributed by atoms with Gasteiger partial charge in [0.15, 0.2) is 0 Å². The van der Waals surface area contributed by atoms with Crippen LogP contribution in [0.1, 0.15) is 44.2 Å². The highest BCUT2D eigenvalue weighted by Crippen LogP contribution is 2.11. The molecule has 1 aromatic rings. The van der Waals surface area contributed by atoms with Crippen LogP contribution in [0.2, 0.25) is 0 Å². The second-order valence-corrected chi connectivity index (χ2v) is 4.58. The minimum absolute atomic E-state index is 0.510. The van der Waals surface area contributed by atoms with E-state index in [0.717, 1.165) is 6.42 Å². The van der Waals surface area contributed by atoms with Crippen molar-refractivity contribution in [3.8, 4) is 0 Å². The number of hydrogen-bond acceptors (Lipinski definition) is 0. The maximum atomic E-state index is 4.02. The minimum atomic E-state index is 0.510. The van der Waals surface area contributed by atoms with Gasteiger partial charge in [0.2, 0.25) is 0 Å². The highest BCUT2D eigenvalue weighted by Gasteiger charge is 1.98. The summed E-state index contributed by atoms with van der Waals surface area (Å²) in [5, 5.41) is 0. The minimum Gasteiger partial charge on any atom is -0.0654 e. The zero-order chi connectivity index (χ0) is 11.1. The van der Waals surface area contributed by atoms with Gasteiger partial charge in [-0.3, -0.25) is 0 Å². The first kappa shape index (κ1) is 12.3. The summed E-state index contributed by atoms with van der Waals surface area (Å²) in [6.07, 6.45) is 6.29. The van der Waals surface area contributed by atoms with Gasteiger partial charge in [-0.15, -0.1) is 0 Å². The SMILES string of the molecule is [CH2]C(C)Cc1ccc(CCCCC)cc1. The molecule has 0 aliphatic rings.